The molecule has 0 spiro atoms. The third-order valence-electron chi connectivity index (χ3n) is 3.85. The Labute approximate surface area is 155 Å². The van der Waals surface area contributed by atoms with Gasteiger partial charge in [0.25, 0.3) is 0 Å². The minimum atomic E-state index is -0.756. The number of halogens is 2. The normalized spacial score (nSPS) is 10.3. The van der Waals surface area contributed by atoms with Crippen molar-refractivity contribution in [3.8, 4) is 23.6 Å². The molecule has 27 heavy (non-hydrogen) atoms. The van der Waals surface area contributed by atoms with E-state index < -0.39 is 17.6 Å². The van der Waals surface area contributed by atoms with Crippen molar-refractivity contribution in [1.82, 2.24) is 4.98 Å². The Morgan fingerprint density at radius 2 is 2.00 bits per heavy atom. The first-order valence-corrected chi connectivity index (χ1v) is 8.13. The summed E-state index contributed by atoms with van der Waals surface area (Å²) in [6, 6.07) is 12.0. The molecule has 0 atom stereocenters. The van der Waals surface area contributed by atoms with Gasteiger partial charge in [-0.3, -0.25) is 0 Å². The lowest BCUT2D eigenvalue weighted by atomic mass is 10.0. The topological polar surface area (TPSA) is 43.1 Å². The van der Waals surface area contributed by atoms with Crippen LogP contribution in [0.15, 0.2) is 60.9 Å². The molecule has 2 heterocycles. The number of pyridine rings is 2. The van der Waals surface area contributed by atoms with Gasteiger partial charge < -0.3 is 4.74 Å². The van der Waals surface area contributed by atoms with E-state index in [0.29, 0.717) is 5.69 Å². The van der Waals surface area contributed by atoms with Crippen LogP contribution in [0, 0.1) is 24.0 Å². The van der Waals surface area contributed by atoms with E-state index in [9.17, 15) is 13.6 Å². The third kappa shape index (κ3) is 4.15. The molecule has 0 radical (unpaired) electrons. The zero-order valence-corrected chi connectivity index (χ0v) is 14.2. The van der Waals surface area contributed by atoms with Crippen molar-refractivity contribution < 1.29 is 22.9 Å². The van der Waals surface area contributed by atoms with E-state index in [0.717, 1.165) is 12.1 Å². The third-order valence-corrected chi connectivity index (χ3v) is 3.85. The zero-order valence-electron chi connectivity index (χ0n) is 14.2. The summed E-state index contributed by atoms with van der Waals surface area (Å²) in [5, 5.41) is 0. The molecule has 4 nitrogen and oxygen atoms in total. The second-order valence-electron chi connectivity index (χ2n) is 5.58. The maximum atomic E-state index is 14.4. The van der Waals surface area contributed by atoms with Gasteiger partial charge in [-0.05, 0) is 24.3 Å². The number of aromatic nitrogens is 2. The van der Waals surface area contributed by atoms with Crippen molar-refractivity contribution in [1.29, 1.82) is 0 Å². The molecule has 0 unspecified atom stereocenters. The molecule has 6 heteroatoms. The summed E-state index contributed by atoms with van der Waals surface area (Å²) in [4.78, 5) is 15.9. The van der Waals surface area contributed by atoms with Gasteiger partial charge in [0.15, 0.2) is 19.3 Å². The fourth-order valence-corrected chi connectivity index (χ4v) is 2.64. The molecule has 0 aliphatic carbocycles. The molecule has 1 aromatic carbocycles. The first kappa shape index (κ1) is 18.2. The fraction of sp³-hybridized carbons (Fsp3) is 0.0952. The van der Waals surface area contributed by atoms with E-state index >= 15 is 0 Å². The molecule has 0 aliphatic heterocycles. The highest BCUT2D eigenvalue weighted by Crippen LogP contribution is 2.25. The van der Waals surface area contributed by atoms with Crippen LogP contribution in [0.5, 0.6) is 0 Å². The smallest absolute Gasteiger partial charge is 0.357 e. The highest BCUT2D eigenvalue weighted by Gasteiger charge is 2.21. The van der Waals surface area contributed by atoms with Crippen LogP contribution < -0.4 is 4.57 Å². The van der Waals surface area contributed by atoms with E-state index in [1.165, 1.54) is 6.20 Å². The molecule has 3 aromatic rings. The largest absolute Gasteiger partial charge is 0.454 e. The molecule has 0 fully saturated rings. The number of rotatable bonds is 5. The quantitative estimate of drug-likeness (QED) is 0.396. The monoisotopic (exact) mass is 365 g/mol. The molecule has 0 bridgehead atoms. The Hall–Kier alpha value is -3.59. The van der Waals surface area contributed by atoms with E-state index in [-0.39, 0.29) is 30.0 Å². The van der Waals surface area contributed by atoms with Crippen LogP contribution in [0.1, 0.15) is 16.1 Å². The summed E-state index contributed by atoms with van der Waals surface area (Å²) >= 11 is 0. The van der Waals surface area contributed by atoms with Gasteiger partial charge in [0.1, 0.15) is 17.3 Å². The molecule has 0 aliphatic rings. The predicted octanol–water partition coefficient (Wildman–Crippen LogP) is 3.15. The Balaban J connectivity index is 1.82. The van der Waals surface area contributed by atoms with Crippen LogP contribution in [0.3, 0.4) is 0 Å². The van der Waals surface area contributed by atoms with Crippen LogP contribution in [0.2, 0.25) is 0 Å². The predicted molar refractivity (Wildman–Crippen MR) is 94.4 cm³/mol. The van der Waals surface area contributed by atoms with Crippen molar-refractivity contribution in [2.45, 2.75) is 6.54 Å². The van der Waals surface area contributed by atoms with Crippen LogP contribution in [0.4, 0.5) is 8.78 Å². The number of esters is 1. The molecular weight excluding hydrogens is 350 g/mol. The summed E-state index contributed by atoms with van der Waals surface area (Å²) in [6.07, 6.45) is 8.61. The lowest BCUT2D eigenvalue weighted by Gasteiger charge is -2.08. The Bertz CT molecular complexity index is 1010. The number of hydrogen-bond acceptors (Lipinski definition) is 3. The fourth-order valence-electron chi connectivity index (χ4n) is 2.64. The number of hydrogen-bond donors (Lipinski definition) is 0. The Kier molecular flexibility index (Phi) is 5.53. The van der Waals surface area contributed by atoms with Gasteiger partial charge in [-0.15, -0.1) is 6.42 Å². The highest BCUT2D eigenvalue weighted by molar-refractivity contribution is 5.87. The van der Waals surface area contributed by atoms with Crippen LogP contribution in [-0.4, -0.2) is 17.6 Å². The van der Waals surface area contributed by atoms with Crippen molar-refractivity contribution >= 4 is 5.97 Å². The summed E-state index contributed by atoms with van der Waals surface area (Å²) < 4.78 is 34.7. The van der Waals surface area contributed by atoms with Crippen molar-refractivity contribution in [2.75, 3.05) is 6.61 Å². The van der Waals surface area contributed by atoms with Gasteiger partial charge in [0.05, 0.1) is 5.56 Å². The molecule has 0 saturated carbocycles. The SMILES string of the molecule is C#Cc1cc(F)cc(F)c1-c1cccc[n+]1CCOC(=O)c1ccccn1. The molecular formula is C21H15F2N2O2+. The number of benzene rings is 1. The average molecular weight is 365 g/mol. The molecule has 0 N–H and O–H groups in total. The van der Waals surface area contributed by atoms with Gasteiger partial charge in [0.2, 0.25) is 5.69 Å². The lowest BCUT2D eigenvalue weighted by molar-refractivity contribution is -0.687. The van der Waals surface area contributed by atoms with Gasteiger partial charge in [0, 0.05) is 30.0 Å². The summed E-state index contributed by atoms with van der Waals surface area (Å²) in [5.41, 5.74) is 0.889. The average Bonchev–Trinajstić information content (AvgIpc) is 2.68. The zero-order chi connectivity index (χ0) is 19.2. The standard InChI is InChI=1S/C21H15F2N2O2/c1-2-15-13-16(22)14-17(23)20(15)19-8-4-6-10-25(19)11-12-27-21(26)18-7-3-5-9-24-18/h1,3-10,13-14H,11-12H2/q+1. The van der Waals surface area contributed by atoms with Crippen LogP contribution >= 0.6 is 0 Å². The molecule has 0 amide bonds. The number of carbonyl (C=O) groups is 1. The van der Waals surface area contributed by atoms with E-state index in [4.69, 9.17) is 11.2 Å². The number of terminal acetylenes is 1. The second-order valence-corrected chi connectivity index (χ2v) is 5.58. The van der Waals surface area contributed by atoms with Gasteiger partial charge in [-0.25, -0.2) is 18.6 Å². The highest BCUT2D eigenvalue weighted by atomic mass is 19.1. The summed E-state index contributed by atoms with van der Waals surface area (Å²) in [6.45, 7) is 0.306. The number of ether oxygens (including phenoxy) is 1. The van der Waals surface area contributed by atoms with E-state index in [1.807, 2.05) is 0 Å². The maximum absolute atomic E-state index is 14.4. The minimum Gasteiger partial charge on any atom is -0.454 e. The first-order valence-electron chi connectivity index (χ1n) is 8.13. The number of nitrogens with zero attached hydrogens (tertiary/aromatic N) is 2. The number of carbonyl (C=O) groups excluding carboxylic acids is 1. The van der Waals surface area contributed by atoms with E-state index in [1.54, 1.807) is 47.2 Å². The summed E-state index contributed by atoms with van der Waals surface area (Å²) in [5.74, 6) is 0.266. The summed E-state index contributed by atoms with van der Waals surface area (Å²) in [7, 11) is 0. The minimum absolute atomic E-state index is 0.0469. The molecule has 0 saturated heterocycles. The molecule has 2 aromatic heterocycles. The Morgan fingerprint density at radius 3 is 2.74 bits per heavy atom. The van der Waals surface area contributed by atoms with Gasteiger partial charge in [-0.2, -0.15) is 4.57 Å². The van der Waals surface area contributed by atoms with Crippen LogP contribution in [-0.2, 0) is 11.3 Å². The first-order chi connectivity index (χ1) is 13.1. The van der Waals surface area contributed by atoms with Crippen molar-refractivity contribution in [3.63, 3.8) is 0 Å². The Morgan fingerprint density at radius 1 is 1.19 bits per heavy atom. The van der Waals surface area contributed by atoms with E-state index in [2.05, 4.69) is 10.9 Å². The molecule has 3 rings (SSSR count). The molecule has 134 valence electrons. The van der Waals surface area contributed by atoms with Gasteiger partial charge >= 0.3 is 5.97 Å². The maximum Gasteiger partial charge on any atom is 0.357 e. The van der Waals surface area contributed by atoms with Crippen molar-refractivity contribution in [3.05, 3.63) is 83.8 Å². The van der Waals surface area contributed by atoms with Crippen LogP contribution in [0.25, 0.3) is 11.3 Å². The van der Waals surface area contributed by atoms with Crippen molar-refractivity contribution in [2.24, 2.45) is 0 Å². The second kappa shape index (κ2) is 8.19. The lowest BCUT2D eigenvalue weighted by Crippen LogP contribution is -2.38. The van der Waals surface area contributed by atoms with Gasteiger partial charge in [-0.1, -0.05) is 12.0 Å².